The number of rotatable bonds is 3. The summed E-state index contributed by atoms with van der Waals surface area (Å²) in [4.78, 5) is 14.9. The molecule has 1 aliphatic carbocycles. The van der Waals surface area contributed by atoms with Crippen LogP contribution in [0.3, 0.4) is 0 Å². The second-order valence-electron chi connectivity index (χ2n) is 5.79. The molecule has 110 valence electrons. The van der Waals surface area contributed by atoms with E-state index in [1.165, 1.54) is 35.5 Å². The molecule has 1 fully saturated rings. The van der Waals surface area contributed by atoms with Crippen molar-refractivity contribution in [1.82, 2.24) is 5.32 Å². The van der Waals surface area contributed by atoms with Gasteiger partial charge in [0.1, 0.15) is 0 Å². The van der Waals surface area contributed by atoms with Gasteiger partial charge in [-0.25, -0.2) is 0 Å². The number of carbonyl (C=O) groups excluding carboxylic acids is 1. The molecule has 5 heteroatoms. The Morgan fingerprint density at radius 2 is 2.15 bits per heavy atom. The highest BCUT2D eigenvalue weighted by atomic mass is 79.9. The summed E-state index contributed by atoms with van der Waals surface area (Å²) in [6.45, 7) is 0. The maximum absolute atomic E-state index is 12.6. The maximum atomic E-state index is 12.6. The van der Waals surface area contributed by atoms with Gasteiger partial charge in [-0.1, -0.05) is 35.2 Å². The lowest BCUT2D eigenvalue weighted by atomic mass is 9.83. The highest BCUT2D eigenvalue weighted by Gasteiger charge is 2.33. The smallest absolute Gasteiger partial charge is 0.261 e. The zero-order chi connectivity index (χ0) is 14.0. The second-order valence-corrected chi connectivity index (χ2v) is 8.59. The number of hydrogen-bond donors (Lipinski definition) is 1. The molecule has 0 spiro atoms. The number of amides is 1. The van der Waals surface area contributed by atoms with Crippen LogP contribution in [0.1, 0.15) is 52.2 Å². The number of alkyl halides is 1. The highest BCUT2D eigenvalue weighted by molar-refractivity contribution is 9.09. The van der Waals surface area contributed by atoms with Gasteiger partial charge in [-0.2, -0.15) is 11.8 Å². The lowest BCUT2D eigenvalue weighted by Crippen LogP contribution is -2.51. The first-order valence-corrected chi connectivity index (χ1v) is 10.4. The van der Waals surface area contributed by atoms with E-state index in [1.807, 2.05) is 11.8 Å². The fourth-order valence-corrected chi connectivity index (χ4v) is 6.05. The third-order valence-corrected chi connectivity index (χ3v) is 7.61. The topological polar surface area (TPSA) is 29.1 Å². The molecule has 1 amide bonds. The molecule has 3 rings (SSSR count). The Bertz CT molecular complexity index is 471. The summed E-state index contributed by atoms with van der Waals surface area (Å²) in [6, 6.07) is 2.12. The molecule has 20 heavy (non-hydrogen) atoms. The van der Waals surface area contributed by atoms with Crippen LogP contribution in [0, 0.1) is 0 Å². The van der Waals surface area contributed by atoms with Crippen molar-refractivity contribution >= 4 is 44.9 Å². The first-order valence-electron chi connectivity index (χ1n) is 7.30. The van der Waals surface area contributed by atoms with E-state index < -0.39 is 0 Å². The number of aryl methyl sites for hydroxylation is 1. The fourth-order valence-electron chi connectivity index (χ4n) is 3.08. The summed E-state index contributed by atoms with van der Waals surface area (Å²) in [7, 11) is 0. The van der Waals surface area contributed by atoms with Gasteiger partial charge in [-0.05, 0) is 36.6 Å². The van der Waals surface area contributed by atoms with E-state index in [2.05, 4.69) is 27.3 Å². The number of halogens is 1. The number of thioether (sulfide) groups is 1. The van der Waals surface area contributed by atoms with Crippen LogP contribution >= 0.6 is 39.0 Å². The predicted molar refractivity (Wildman–Crippen MR) is 91.3 cm³/mol. The number of carbonyl (C=O) groups is 1. The monoisotopic (exact) mass is 373 g/mol. The minimum atomic E-state index is -0.0193. The van der Waals surface area contributed by atoms with Crippen molar-refractivity contribution in [2.24, 2.45) is 0 Å². The third-order valence-electron chi connectivity index (χ3n) is 4.30. The molecule has 2 nitrogen and oxygen atoms in total. The largest absolute Gasteiger partial charge is 0.345 e. The van der Waals surface area contributed by atoms with Gasteiger partial charge in [0.2, 0.25) is 0 Å². The van der Waals surface area contributed by atoms with Crippen molar-refractivity contribution in [3.8, 4) is 0 Å². The first kappa shape index (κ1) is 14.9. The molecule has 1 aromatic heterocycles. The molecule has 2 heterocycles. The van der Waals surface area contributed by atoms with Gasteiger partial charge in [0.15, 0.2) is 0 Å². The Balaban J connectivity index is 1.73. The van der Waals surface area contributed by atoms with E-state index in [0.29, 0.717) is 0 Å². The SMILES string of the molecule is O=C(NC1(CBr)CCCCC1)c1cc2c(s1)CCSC2. The predicted octanol–water partition coefficient (Wildman–Crippen LogP) is 4.37. The van der Waals surface area contributed by atoms with Crippen LogP contribution < -0.4 is 5.32 Å². The number of thiophene rings is 1. The standard InChI is InChI=1S/C15H20BrNOS2/c16-10-15(5-2-1-3-6-15)17-14(18)13-8-11-9-19-7-4-12(11)20-13/h8H,1-7,9-10H2,(H,17,18). The lowest BCUT2D eigenvalue weighted by molar-refractivity contribution is 0.0890. The van der Waals surface area contributed by atoms with E-state index in [0.717, 1.165) is 35.2 Å². The summed E-state index contributed by atoms with van der Waals surface area (Å²) >= 11 is 7.28. The fraction of sp³-hybridized carbons (Fsp3) is 0.667. The van der Waals surface area contributed by atoms with Gasteiger partial charge in [0, 0.05) is 16.0 Å². The molecule has 1 aliphatic heterocycles. The van der Waals surface area contributed by atoms with Crippen molar-refractivity contribution in [3.63, 3.8) is 0 Å². The van der Waals surface area contributed by atoms with Gasteiger partial charge in [0.05, 0.1) is 10.4 Å². The zero-order valence-corrected chi connectivity index (χ0v) is 14.8. The molecule has 2 aliphatic rings. The average Bonchev–Trinajstić information content (AvgIpc) is 2.92. The molecule has 0 aromatic carbocycles. The van der Waals surface area contributed by atoms with Gasteiger partial charge < -0.3 is 5.32 Å². The summed E-state index contributed by atoms with van der Waals surface area (Å²) in [6.07, 6.45) is 7.08. The molecular weight excluding hydrogens is 354 g/mol. The number of fused-ring (bicyclic) bond motifs is 1. The highest BCUT2D eigenvalue weighted by Crippen LogP contribution is 2.33. The molecular formula is C15H20BrNOS2. The molecule has 0 unspecified atom stereocenters. The Hall–Kier alpha value is -0.000000000000000111. The average molecular weight is 374 g/mol. The minimum absolute atomic E-state index is 0.0193. The van der Waals surface area contributed by atoms with Crippen LogP contribution in [0.4, 0.5) is 0 Å². The van der Waals surface area contributed by atoms with Crippen LogP contribution in [0.25, 0.3) is 0 Å². The van der Waals surface area contributed by atoms with Crippen molar-refractivity contribution in [3.05, 3.63) is 21.4 Å². The molecule has 1 saturated carbocycles. The van der Waals surface area contributed by atoms with Crippen LogP contribution in [-0.2, 0) is 12.2 Å². The summed E-state index contributed by atoms with van der Waals surface area (Å²) in [5.41, 5.74) is 1.36. The molecule has 0 atom stereocenters. The maximum Gasteiger partial charge on any atom is 0.261 e. The second kappa shape index (κ2) is 6.41. The molecule has 0 bridgehead atoms. The van der Waals surface area contributed by atoms with Crippen LogP contribution in [0.2, 0.25) is 0 Å². The molecule has 1 N–H and O–H groups in total. The van der Waals surface area contributed by atoms with Crippen LogP contribution in [0.5, 0.6) is 0 Å². The Kier molecular flexibility index (Phi) is 4.78. The van der Waals surface area contributed by atoms with Crippen LogP contribution in [0.15, 0.2) is 6.07 Å². The number of hydrogen-bond acceptors (Lipinski definition) is 3. The normalized spacial score (nSPS) is 21.2. The van der Waals surface area contributed by atoms with E-state index >= 15 is 0 Å². The molecule has 0 saturated heterocycles. The third kappa shape index (κ3) is 3.09. The molecule has 0 radical (unpaired) electrons. The Morgan fingerprint density at radius 3 is 2.85 bits per heavy atom. The summed E-state index contributed by atoms with van der Waals surface area (Å²) < 4.78 is 0. The van der Waals surface area contributed by atoms with E-state index in [1.54, 1.807) is 11.3 Å². The van der Waals surface area contributed by atoms with E-state index in [4.69, 9.17) is 0 Å². The van der Waals surface area contributed by atoms with Gasteiger partial charge in [-0.15, -0.1) is 11.3 Å². The van der Waals surface area contributed by atoms with E-state index in [-0.39, 0.29) is 11.4 Å². The summed E-state index contributed by atoms with van der Waals surface area (Å²) in [5.74, 6) is 2.40. The molecule has 1 aromatic rings. The van der Waals surface area contributed by atoms with E-state index in [9.17, 15) is 4.79 Å². The van der Waals surface area contributed by atoms with Crippen molar-refractivity contribution < 1.29 is 4.79 Å². The van der Waals surface area contributed by atoms with Crippen molar-refractivity contribution in [2.45, 2.75) is 49.8 Å². The quantitative estimate of drug-likeness (QED) is 0.797. The van der Waals surface area contributed by atoms with Crippen LogP contribution in [-0.4, -0.2) is 22.5 Å². The Labute approximate surface area is 137 Å². The van der Waals surface area contributed by atoms with Gasteiger partial charge in [-0.3, -0.25) is 4.79 Å². The van der Waals surface area contributed by atoms with Crippen molar-refractivity contribution in [1.29, 1.82) is 0 Å². The van der Waals surface area contributed by atoms with Gasteiger partial charge >= 0.3 is 0 Å². The lowest BCUT2D eigenvalue weighted by Gasteiger charge is -2.36. The van der Waals surface area contributed by atoms with Gasteiger partial charge in [0.25, 0.3) is 5.91 Å². The van der Waals surface area contributed by atoms with Crippen molar-refractivity contribution in [2.75, 3.05) is 11.1 Å². The number of nitrogens with one attached hydrogen (secondary N) is 1. The Morgan fingerprint density at radius 1 is 1.35 bits per heavy atom. The summed E-state index contributed by atoms with van der Waals surface area (Å²) in [5, 5.41) is 4.19. The zero-order valence-electron chi connectivity index (χ0n) is 11.5. The first-order chi connectivity index (χ1) is 9.72. The minimum Gasteiger partial charge on any atom is -0.345 e.